The maximum absolute atomic E-state index is 9.71. The maximum Gasteiger partial charge on any atom is 0.0645 e. The highest BCUT2D eigenvalue weighted by Gasteiger charge is 2.16. The number of benzene rings is 10. The number of nitrogens with zero attached hydrogens (tertiary/aromatic N) is 1. The number of anilines is 3. The molecule has 0 heterocycles. The first-order chi connectivity index (χ1) is 31.6. The molecule has 1 nitrogen and oxygen atoms in total. The molecule has 0 aliphatic heterocycles. The lowest BCUT2D eigenvalue weighted by Gasteiger charge is -2.26. The van der Waals surface area contributed by atoms with Gasteiger partial charge in [0.15, 0.2) is 0 Å². The van der Waals surface area contributed by atoms with E-state index in [2.05, 4.69) is 18.2 Å². The Morgan fingerprint density at radius 1 is 0.281 bits per heavy atom. The molecule has 0 radical (unpaired) electrons. The van der Waals surface area contributed by atoms with Crippen molar-refractivity contribution in [1.82, 2.24) is 0 Å². The van der Waals surface area contributed by atoms with Gasteiger partial charge in [0.2, 0.25) is 0 Å². The van der Waals surface area contributed by atoms with Crippen molar-refractivity contribution in [2.24, 2.45) is 0 Å². The van der Waals surface area contributed by atoms with Crippen LogP contribution in [-0.2, 0) is 0 Å². The van der Waals surface area contributed by atoms with E-state index in [1.165, 1.54) is 4.90 Å². The summed E-state index contributed by atoms with van der Waals surface area (Å²) in [5, 5.41) is 4.02. The Labute approximate surface area is 345 Å². The summed E-state index contributed by atoms with van der Waals surface area (Å²) in [6.07, 6.45) is 0. The molecule has 0 N–H and O–H groups in total. The molecule has 0 aromatic heterocycles. The molecular weight excluding hydrogens is 687 g/mol. The fraction of sp³-hybridized carbons (Fsp3) is 0. The average molecular weight is 734 g/mol. The highest BCUT2D eigenvalue weighted by atomic mass is 15.1. The molecule has 1 heteroatoms. The van der Waals surface area contributed by atoms with Crippen LogP contribution in [0.15, 0.2) is 236 Å². The lowest BCUT2D eigenvalue weighted by Crippen LogP contribution is -2.09. The zero-order valence-electron chi connectivity index (χ0n) is 38.8. The van der Waals surface area contributed by atoms with Gasteiger partial charge in [0.1, 0.15) is 0 Å². The Balaban J connectivity index is 1.18. The normalized spacial score (nSPS) is 13.1. The first-order valence-corrected chi connectivity index (χ1v) is 18.9. The molecule has 10 rings (SSSR count). The molecule has 0 bridgehead atoms. The molecular formula is C56H39N. The molecule has 0 aliphatic carbocycles. The van der Waals surface area contributed by atoms with Crippen LogP contribution < -0.4 is 4.90 Å². The number of rotatable bonds is 8. The van der Waals surface area contributed by atoms with Crippen molar-refractivity contribution in [2.45, 2.75) is 0 Å². The van der Waals surface area contributed by atoms with Crippen molar-refractivity contribution in [1.29, 1.82) is 0 Å². The van der Waals surface area contributed by atoms with Crippen molar-refractivity contribution in [3.8, 4) is 55.6 Å². The molecule has 0 saturated heterocycles. The zero-order valence-corrected chi connectivity index (χ0v) is 30.8. The summed E-state index contributed by atoms with van der Waals surface area (Å²) >= 11 is 0. The third-order valence-corrected chi connectivity index (χ3v) is 10.4. The molecule has 10 aromatic rings. The molecule has 268 valence electrons. The first-order valence-electron chi connectivity index (χ1n) is 22.9. The fourth-order valence-electron chi connectivity index (χ4n) is 7.51. The van der Waals surface area contributed by atoms with Gasteiger partial charge in [-0.2, -0.15) is 0 Å². The Morgan fingerprint density at radius 2 is 0.737 bits per heavy atom. The molecule has 0 aliphatic rings. The summed E-state index contributed by atoms with van der Waals surface area (Å²) < 4.78 is 76.6. The summed E-state index contributed by atoms with van der Waals surface area (Å²) in [5.41, 5.74) is 6.54. The van der Waals surface area contributed by atoms with Crippen LogP contribution in [0, 0.1) is 0 Å². The highest BCUT2D eigenvalue weighted by Crippen LogP contribution is 2.41. The smallest absolute Gasteiger partial charge is 0.0645 e. The first kappa shape index (κ1) is 26.3. The van der Waals surface area contributed by atoms with Gasteiger partial charge in [-0.3, -0.25) is 0 Å². The topological polar surface area (TPSA) is 3.24 Å². The Morgan fingerprint density at radius 3 is 1.40 bits per heavy atom. The van der Waals surface area contributed by atoms with Crippen LogP contribution >= 0.6 is 0 Å². The van der Waals surface area contributed by atoms with Crippen LogP contribution in [0.3, 0.4) is 0 Å². The van der Waals surface area contributed by atoms with E-state index < -0.39 is 24.2 Å². The molecule has 57 heavy (non-hydrogen) atoms. The van der Waals surface area contributed by atoms with E-state index in [0.717, 1.165) is 54.9 Å². The molecule has 10 aromatic carbocycles. The Hall–Kier alpha value is -7.48. The van der Waals surface area contributed by atoms with E-state index in [1.54, 1.807) is 24.3 Å². The standard InChI is InChI=1S/C56H39N/c1-3-11-40(12-4-1)42-19-21-43(22-20-42)44-25-32-51(33-26-44)57(52-34-27-45(28-35-52)50-24-23-41-13-7-8-17-49(41)39-50)53-36-29-47(30-37-53)55-38-31-46-14-9-10-18-54(46)56(55)48-15-5-2-6-16-48/h1-39H/i25D,26D,29D,30D,32D,33D,36D,37D. The van der Waals surface area contributed by atoms with Crippen molar-refractivity contribution in [3.05, 3.63) is 236 Å². The summed E-state index contributed by atoms with van der Waals surface area (Å²) in [6, 6.07) is 57.2. The second-order valence-electron chi connectivity index (χ2n) is 13.9. The SMILES string of the molecule is [2H]c1c([2H])c(N(c2ccc(-c3ccc4ccccc4c3)cc2)c2c([2H])c([2H])c(-c3ccc4ccccc4c3-c3ccccc3)c([2H])c2[2H])c([2H])c([2H])c1-c1ccc(-c2ccccc2)cc1. The van der Waals surface area contributed by atoms with Gasteiger partial charge in [-0.1, -0.05) is 194 Å². The van der Waals surface area contributed by atoms with Crippen LogP contribution in [0.25, 0.3) is 77.2 Å². The minimum atomic E-state index is -0.399. The predicted octanol–water partition coefficient (Wildman–Crippen LogP) is 15.8. The number of hydrogen-bond donors (Lipinski definition) is 0. The summed E-state index contributed by atoms with van der Waals surface area (Å²) in [6.45, 7) is 0. The van der Waals surface area contributed by atoms with Crippen LogP contribution in [0.2, 0.25) is 0 Å². The van der Waals surface area contributed by atoms with Gasteiger partial charge in [-0.05, 0) is 120 Å². The van der Waals surface area contributed by atoms with Crippen LogP contribution in [0.5, 0.6) is 0 Å². The molecule has 0 spiro atoms. The quantitative estimate of drug-likeness (QED) is 0.150. The molecule has 0 saturated carbocycles. The van der Waals surface area contributed by atoms with Crippen LogP contribution in [0.1, 0.15) is 11.0 Å². The Kier molecular flexibility index (Phi) is 6.92. The molecule has 0 atom stereocenters. The van der Waals surface area contributed by atoms with E-state index in [0.29, 0.717) is 16.8 Å². The summed E-state index contributed by atoms with van der Waals surface area (Å²) in [7, 11) is 0. The second kappa shape index (κ2) is 15.0. The zero-order chi connectivity index (χ0) is 44.9. The van der Waals surface area contributed by atoms with Gasteiger partial charge < -0.3 is 4.90 Å². The Bertz CT molecular complexity index is 3390. The van der Waals surface area contributed by atoms with E-state index in [1.807, 2.05) is 146 Å². The summed E-state index contributed by atoms with van der Waals surface area (Å²) in [5.74, 6) is 0. The molecule has 0 fully saturated rings. The third kappa shape index (κ3) is 6.77. The van der Waals surface area contributed by atoms with Gasteiger partial charge in [0.25, 0.3) is 0 Å². The monoisotopic (exact) mass is 733 g/mol. The van der Waals surface area contributed by atoms with Crippen LogP contribution in [0.4, 0.5) is 17.1 Å². The number of hydrogen-bond acceptors (Lipinski definition) is 1. The third-order valence-electron chi connectivity index (χ3n) is 10.4. The average Bonchev–Trinajstić information content (AvgIpc) is 3.35. The lowest BCUT2D eigenvalue weighted by atomic mass is 9.90. The predicted molar refractivity (Wildman–Crippen MR) is 243 cm³/mol. The lowest BCUT2D eigenvalue weighted by molar-refractivity contribution is 1.28. The van der Waals surface area contributed by atoms with Crippen molar-refractivity contribution in [2.75, 3.05) is 4.90 Å². The molecule has 0 unspecified atom stereocenters. The van der Waals surface area contributed by atoms with E-state index >= 15 is 0 Å². The molecule has 0 amide bonds. The van der Waals surface area contributed by atoms with Gasteiger partial charge in [0.05, 0.1) is 11.0 Å². The van der Waals surface area contributed by atoms with Crippen LogP contribution in [-0.4, -0.2) is 0 Å². The van der Waals surface area contributed by atoms with E-state index in [4.69, 9.17) is 0 Å². The van der Waals surface area contributed by atoms with Crippen molar-refractivity contribution in [3.63, 3.8) is 0 Å². The van der Waals surface area contributed by atoms with Crippen molar-refractivity contribution >= 4 is 38.6 Å². The minimum Gasteiger partial charge on any atom is -0.311 e. The second-order valence-corrected chi connectivity index (χ2v) is 13.9. The van der Waals surface area contributed by atoms with Gasteiger partial charge in [-0.25, -0.2) is 0 Å². The van der Waals surface area contributed by atoms with Gasteiger partial charge in [-0.15, -0.1) is 0 Å². The fourth-order valence-corrected chi connectivity index (χ4v) is 7.51. The van der Waals surface area contributed by atoms with E-state index in [9.17, 15) is 11.0 Å². The highest BCUT2D eigenvalue weighted by molar-refractivity contribution is 6.04. The van der Waals surface area contributed by atoms with Gasteiger partial charge in [0, 0.05) is 17.1 Å². The van der Waals surface area contributed by atoms with Crippen molar-refractivity contribution < 1.29 is 11.0 Å². The number of fused-ring (bicyclic) bond motifs is 2. The van der Waals surface area contributed by atoms with E-state index in [-0.39, 0.29) is 46.7 Å². The van der Waals surface area contributed by atoms with Gasteiger partial charge >= 0.3 is 0 Å². The summed E-state index contributed by atoms with van der Waals surface area (Å²) in [4.78, 5) is 1.36. The maximum atomic E-state index is 9.71. The minimum absolute atomic E-state index is 0.105. The largest absolute Gasteiger partial charge is 0.311 e.